The fraction of sp³-hybridized carbons (Fsp3) is 0.526. The van der Waals surface area contributed by atoms with Crippen LogP contribution in [0.15, 0.2) is 29.2 Å². The first-order valence-corrected chi connectivity index (χ1v) is 10.1. The van der Waals surface area contributed by atoms with Crippen LogP contribution in [0.3, 0.4) is 0 Å². The molecule has 5 nitrogen and oxygen atoms in total. The monoisotopic (exact) mass is 363 g/mol. The molecule has 0 saturated heterocycles. The number of nitrogens with zero attached hydrogens (tertiary/aromatic N) is 3. The van der Waals surface area contributed by atoms with Crippen LogP contribution in [-0.2, 0) is 29.9 Å². The highest BCUT2D eigenvalue weighted by molar-refractivity contribution is 7.89. The van der Waals surface area contributed by atoms with E-state index in [0.29, 0.717) is 23.8 Å². The van der Waals surface area contributed by atoms with Gasteiger partial charge >= 0.3 is 0 Å². The molecule has 2 rings (SSSR count). The van der Waals surface area contributed by atoms with Gasteiger partial charge in [-0.15, -0.1) is 0 Å². The van der Waals surface area contributed by atoms with Gasteiger partial charge in [-0.1, -0.05) is 26.0 Å². The molecule has 0 N–H and O–H groups in total. The number of aryl methyl sites for hydroxylation is 2. The molecule has 1 aromatic carbocycles. The summed E-state index contributed by atoms with van der Waals surface area (Å²) >= 11 is 0. The number of rotatable bonds is 7. The molecule has 0 aliphatic heterocycles. The summed E-state index contributed by atoms with van der Waals surface area (Å²) in [6.45, 7) is 8.71. The number of hydrogen-bond acceptors (Lipinski definition) is 3. The van der Waals surface area contributed by atoms with E-state index in [1.54, 1.807) is 19.2 Å². The second-order valence-corrected chi connectivity index (χ2v) is 9.14. The summed E-state index contributed by atoms with van der Waals surface area (Å²) in [6.07, 6.45) is 1.61. The van der Waals surface area contributed by atoms with E-state index in [1.807, 2.05) is 37.7 Å². The van der Waals surface area contributed by atoms with Gasteiger partial charge in [-0.25, -0.2) is 12.7 Å². The topological polar surface area (TPSA) is 55.2 Å². The predicted octanol–water partition coefficient (Wildman–Crippen LogP) is 3.10. The molecular formula is C19H29N3O2S. The molecule has 0 unspecified atom stereocenters. The van der Waals surface area contributed by atoms with Gasteiger partial charge in [0, 0.05) is 26.3 Å². The molecule has 0 saturated carbocycles. The molecule has 1 aromatic heterocycles. The highest BCUT2D eigenvalue weighted by Gasteiger charge is 2.21. The molecule has 0 amide bonds. The molecule has 0 fully saturated rings. The Bertz CT molecular complexity index is 821. The quantitative estimate of drug-likeness (QED) is 0.759. The average Bonchev–Trinajstić information content (AvgIpc) is 2.77. The van der Waals surface area contributed by atoms with Crippen molar-refractivity contribution in [3.63, 3.8) is 0 Å². The van der Waals surface area contributed by atoms with Crippen molar-refractivity contribution in [1.29, 1.82) is 0 Å². The highest BCUT2D eigenvalue weighted by Crippen LogP contribution is 2.19. The standard InChI is InChI=1S/C19H29N3O2S/c1-14(2)13-17-7-9-18(10-8-17)25(23,24)21(5)12-11-19-15(3)20-22(6)16(19)4/h7-10,14H,11-13H2,1-6H3. The van der Waals surface area contributed by atoms with E-state index in [2.05, 4.69) is 18.9 Å². The molecule has 25 heavy (non-hydrogen) atoms. The number of likely N-dealkylation sites (N-methyl/N-ethyl adjacent to an activating group) is 1. The maximum Gasteiger partial charge on any atom is 0.242 e. The van der Waals surface area contributed by atoms with Gasteiger partial charge in [0.25, 0.3) is 0 Å². The van der Waals surface area contributed by atoms with Crippen molar-refractivity contribution in [1.82, 2.24) is 14.1 Å². The molecular weight excluding hydrogens is 334 g/mol. The molecule has 0 aliphatic carbocycles. The van der Waals surface area contributed by atoms with Gasteiger partial charge < -0.3 is 0 Å². The smallest absolute Gasteiger partial charge is 0.242 e. The van der Waals surface area contributed by atoms with Crippen LogP contribution in [0.25, 0.3) is 0 Å². The van der Waals surface area contributed by atoms with E-state index >= 15 is 0 Å². The minimum atomic E-state index is -3.47. The number of aromatic nitrogens is 2. The Hall–Kier alpha value is -1.66. The first-order valence-electron chi connectivity index (χ1n) is 8.67. The van der Waals surface area contributed by atoms with Crippen LogP contribution in [0.5, 0.6) is 0 Å². The van der Waals surface area contributed by atoms with Crippen molar-refractivity contribution in [2.75, 3.05) is 13.6 Å². The lowest BCUT2D eigenvalue weighted by Gasteiger charge is -2.17. The van der Waals surface area contributed by atoms with E-state index in [9.17, 15) is 8.42 Å². The van der Waals surface area contributed by atoms with Crippen LogP contribution in [0.1, 0.15) is 36.4 Å². The van der Waals surface area contributed by atoms with Crippen LogP contribution >= 0.6 is 0 Å². The Morgan fingerprint density at radius 2 is 1.76 bits per heavy atom. The fourth-order valence-corrected chi connectivity index (χ4v) is 4.19. The zero-order chi connectivity index (χ0) is 18.8. The summed E-state index contributed by atoms with van der Waals surface area (Å²) in [5.41, 5.74) is 4.33. The molecule has 0 aliphatic rings. The van der Waals surface area contributed by atoms with Crippen molar-refractivity contribution in [3.05, 3.63) is 46.8 Å². The van der Waals surface area contributed by atoms with Crippen molar-refractivity contribution in [3.8, 4) is 0 Å². The molecule has 0 radical (unpaired) electrons. The third kappa shape index (κ3) is 4.50. The summed E-state index contributed by atoms with van der Waals surface area (Å²) in [5.74, 6) is 0.552. The molecule has 2 aromatic rings. The molecule has 0 spiro atoms. The average molecular weight is 364 g/mol. The Kier molecular flexibility index (Phi) is 6.06. The van der Waals surface area contributed by atoms with Gasteiger partial charge in [-0.2, -0.15) is 5.10 Å². The number of benzene rings is 1. The maximum atomic E-state index is 12.8. The predicted molar refractivity (Wildman–Crippen MR) is 101 cm³/mol. The first-order chi connectivity index (χ1) is 11.6. The lowest BCUT2D eigenvalue weighted by atomic mass is 10.0. The van der Waals surface area contributed by atoms with Crippen molar-refractivity contribution < 1.29 is 8.42 Å². The molecule has 0 atom stereocenters. The molecule has 6 heteroatoms. The van der Waals surface area contributed by atoms with Gasteiger partial charge in [0.05, 0.1) is 10.6 Å². The minimum Gasteiger partial charge on any atom is -0.272 e. The fourth-order valence-electron chi connectivity index (χ4n) is 3.02. The highest BCUT2D eigenvalue weighted by atomic mass is 32.2. The van der Waals surface area contributed by atoms with Crippen molar-refractivity contribution in [2.24, 2.45) is 13.0 Å². The zero-order valence-electron chi connectivity index (χ0n) is 16.1. The zero-order valence-corrected chi connectivity index (χ0v) is 16.9. The summed E-state index contributed by atoms with van der Waals surface area (Å²) in [4.78, 5) is 0.349. The van der Waals surface area contributed by atoms with Gasteiger partial charge in [-0.05, 0) is 55.9 Å². The van der Waals surface area contributed by atoms with Crippen LogP contribution in [-0.4, -0.2) is 36.1 Å². The lowest BCUT2D eigenvalue weighted by Crippen LogP contribution is -2.29. The van der Waals surface area contributed by atoms with Gasteiger partial charge in [0.1, 0.15) is 0 Å². The normalized spacial score (nSPS) is 12.3. The van der Waals surface area contributed by atoms with E-state index in [4.69, 9.17) is 0 Å². The summed E-state index contributed by atoms with van der Waals surface area (Å²) in [5, 5.41) is 4.39. The Balaban J connectivity index is 2.10. The molecule has 138 valence electrons. The summed E-state index contributed by atoms with van der Waals surface area (Å²) in [6, 6.07) is 7.25. The Morgan fingerprint density at radius 1 is 1.16 bits per heavy atom. The number of hydrogen-bond donors (Lipinski definition) is 0. The van der Waals surface area contributed by atoms with E-state index in [0.717, 1.165) is 23.4 Å². The van der Waals surface area contributed by atoms with Crippen LogP contribution in [0.4, 0.5) is 0 Å². The third-order valence-corrected chi connectivity index (χ3v) is 6.48. The maximum absolute atomic E-state index is 12.8. The third-order valence-electron chi connectivity index (χ3n) is 4.61. The lowest BCUT2D eigenvalue weighted by molar-refractivity contribution is 0.472. The van der Waals surface area contributed by atoms with E-state index in [1.165, 1.54) is 9.87 Å². The van der Waals surface area contributed by atoms with Crippen molar-refractivity contribution in [2.45, 2.75) is 45.4 Å². The first kappa shape index (κ1) is 19.7. The Labute approximate surface area is 151 Å². The van der Waals surface area contributed by atoms with E-state index < -0.39 is 10.0 Å². The minimum absolute atomic E-state index is 0.349. The van der Waals surface area contributed by atoms with Crippen LogP contribution < -0.4 is 0 Å². The summed E-state index contributed by atoms with van der Waals surface area (Å²) in [7, 11) is 0.0779. The van der Waals surface area contributed by atoms with Crippen LogP contribution in [0, 0.1) is 19.8 Å². The van der Waals surface area contributed by atoms with Crippen molar-refractivity contribution >= 4 is 10.0 Å². The van der Waals surface area contributed by atoms with Crippen LogP contribution in [0.2, 0.25) is 0 Å². The number of sulfonamides is 1. The van der Waals surface area contributed by atoms with E-state index in [-0.39, 0.29) is 0 Å². The largest absolute Gasteiger partial charge is 0.272 e. The van der Waals surface area contributed by atoms with Gasteiger partial charge in [0.2, 0.25) is 10.0 Å². The second-order valence-electron chi connectivity index (χ2n) is 7.09. The molecule has 0 bridgehead atoms. The van der Waals surface area contributed by atoms with Gasteiger partial charge in [0.15, 0.2) is 0 Å². The second kappa shape index (κ2) is 7.70. The molecule has 1 heterocycles. The Morgan fingerprint density at radius 3 is 2.24 bits per heavy atom. The van der Waals surface area contributed by atoms with Gasteiger partial charge in [-0.3, -0.25) is 4.68 Å². The SMILES string of the molecule is Cc1nn(C)c(C)c1CCN(C)S(=O)(=O)c1ccc(CC(C)C)cc1. The summed E-state index contributed by atoms with van der Waals surface area (Å²) < 4.78 is 28.8.